The summed E-state index contributed by atoms with van der Waals surface area (Å²) >= 11 is 1.83. The number of nitrogens with one attached hydrogen (secondary N) is 1. The van der Waals surface area contributed by atoms with E-state index in [9.17, 15) is 0 Å². The summed E-state index contributed by atoms with van der Waals surface area (Å²) in [6.45, 7) is 10.3. The van der Waals surface area contributed by atoms with Gasteiger partial charge in [0.25, 0.3) is 0 Å². The van der Waals surface area contributed by atoms with Crippen LogP contribution in [0.1, 0.15) is 37.2 Å². The number of hydrogen-bond acceptors (Lipinski definition) is 5. The molecule has 114 valence electrons. The van der Waals surface area contributed by atoms with Gasteiger partial charge < -0.3 is 14.8 Å². The molecule has 1 aliphatic heterocycles. The van der Waals surface area contributed by atoms with Crippen molar-refractivity contribution in [2.24, 2.45) is 0 Å². The Kier molecular flexibility index (Phi) is 4.26. The fraction of sp³-hybridized carbons (Fsp3) is 0.600. The maximum absolute atomic E-state index is 4.86. The Morgan fingerprint density at radius 2 is 2.24 bits per heavy atom. The van der Waals surface area contributed by atoms with Crippen LogP contribution in [0.15, 0.2) is 12.4 Å². The fourth-order valence-electron chi connectivity index (χ4n) is 2.55. The van der Waals surface area contributed by atoms with Gasteiger partial charge in [0.2, 0.25) is 0 Å². The van der Waals surface area contributed by atoms with Crippen LogP contribution in [0.3, 0.4) is 0 Å². The Bertz CT molecular complexity index is 601. The Morgan fingerprint density at radius 3 is 3.00 bits per heavy atom. The predicted molar refractivity (Wildman–Crippen MR) is 86.7 cm³/mol. The van der Waals surface area contributed by atoms with Gasteiger partial charge in [-0.2, -0.15) is 0 Å². The molecule has 1 N–H and O–H groups in total. The van der Waals surface area contributed by atoms with Gasteiger partial charge in [0, 0.05) is 42.9 Å². The monoisotopic (exact) mass is 305 g/mol. The molecule has 0 saturated carbocycles. The quantitative estimate of drug-likeness (QED) is 0.921. The van der Waals surface area contributed by atoms with Gasteiger partial charge in [0.05, 0.1) is 12.2 Å². The Morgan fingerprint density at radius 1 is 1.38 bits per heavy atom. The highest BCUT2D eigenvalue weighted by Crippen LogP contribution is 2.29. The van der Waals surface area contributed by atoms with Crippen LogP contribution in [0.5, 0.6) is 0 Å². The molecule has 2 aromatic rings. The van der Waals surface area contributed by atoms with Crippen LogP contribution in [0.2, 0.25) is 0 Å². The van der Waals surface area contributed by atoms with Crippen molar-refractivity contribution in [3.05, 3.63) is 28.8 Å². The third-order valence-electron chi connectivity index (χ3n) is 3.79. The number of fused-ring (bicyclic) bond motifs is 1. The molecular weight excluding hydrogens is 282 g/mol. The molecule has 5 nitrogen and oxygen atoms in total. The van der Waals surface area contributed by atoms with Crippen LogP contribution < -0.4 is 10.2 Å². The first-order valence-electron chi connectivity index (χ1n) is 7.64. The van der Waals surface area contributed by atoms with E-state index in [-0.39, 0.29) is 0 Å². The summed E-state index contributed by atoms with van der Waals surface area (Å²) in [7, 11) is 0. The average molecular weight is 305 g/mol. The highest BCUT2D eigenvalue weighted by molar-refractivity contribution is 7.15. The number of thiazole rings is 1. The molecule has 0 aromatic carbocycles. The zero-order valence-corrected chi connectivity index (χ0v) is 13.8. The summed E-state index contributed by atoms with van der Waals surface area (Å²) in [5.41, 5.74) is 1.23. The van der Waals surface area contributed by atoms with Gasteiger partial charge in [-0.05, 0) is 6.42 Å². The average Bonchev–Trinajstić information content (AvgIpc) is 3.10. The van der Waals surface area contributed by atoms with E-state index in [2.05, 4.69) is 46.7 Å². The lowest BCUT2D eigenvalue weighted by Crippen LogP contribution is -2.33. The van der Waals surface area contributed by atoms with Crippen molar-refractivity contribution in [2.45, 2.75) is 52.9 Å². The summed E-state index contributed by atoms with van der Waals surface area (Å²) in [5.74, 6) is 1.14. The van der Waals surface area contributed by atoms with Crippen molar-refractivity contribution in [1.82, 2.24) is 19.9 Å². The van der Waals surface area contributed by atoms with E-state index >= 15 is 0 Å². The molecule has 0 amide bonds. The van der Waals surface area contributed by atoms with Crippen molar-refractivity contribution in [1.29, 1.82) is 0 Å². The first-order chi connectivity index (χ1) is 10.2. The first-order valence-corrected chi connectivity index (χ1v) is 8.46. The van der Waals surface area contributed by atoms with Gasteiger partial charge in [-0.3, -0.25) is 0 Å². The van der Waals surface area contributed by atoms with Gasteiger partial charge in [0.1, 0.15) is 5.82 Å². The lowest BCUT2D eigenvalue weighted by atomic mass is 10.3. The van der Waals surface area contributed by atoms with Crippen molar-refractivity contribution >= 4 is 16.5 Å². The van der Waals surface area contributed by atoms with Crippen LogP contribution >= 0.6 is 11.3 Å². The molecule has 2 aromatic heterocycles. The minimum atomic E-state index is 0.503. The second kappa shape index (κ2) is 6.15. The number of hydrogen-bond donors (Lipinski definition) is 1. The van der Waals surface area contributed by atoms with Crippen molar-refractivity contribution in [2.75, 3.05) is 11.4 Å². The standard InChI is InChI=1S/C15H23N5S/c1-4-12-13(9-17-11(2)3)21-15(18-12)20-8-7-19-6-5-16-14(19)10-20/h5-6,11,17H,4,7-10H2,1-3H3. The number of aromatic nitrogens is 3. The van der Waals surface area contributed by atoms with Gasteiger partial charge in [0.15, 0.2) is 5.13 Å². The number of imidazole rings is 1. The lowest BCUT2D eigenvalue weighted by Gasteiger charge is -2.27. The van der Waals surface area contributed by atoms with Gasteiger partial charge >= 0.3 is 0 Å². The Labute approximate surface area is 130 Å². The smallest absolute Gasteiger partial charge is 0.186 e. The van der Waals surface area contributed by atoms with Gasteiger partial charge in [-0.1, -0.05) is 20.8 Å². The molecule has 3 rings (SSSR count). The molecule has 1 aliphatic rings. The number of nitrogens with zero attached hydrogens (tertiary/aromatic N) is 4. The summed E-state index contributed by atoms with van der Waals surface area (Å²) < 4.78 is 2.23. The van der Waals surface area contributed by atoms with E-state index in [0.29, 0.717) is 6.04 Å². The Hall–Kier alpha value is -1.40. The lowest BCUT2D eigenvalue weighted by molar-refractivity contribution is 0.559. The molecule has 6 heteroatoms. The normalized spacial score (nSPS) is 14.8. The van der Waals surface area contributed by atoms with Gasteiger partial charge in [-0.15, -0.1) is 11.3 Å². The van der Waals surface area contributed by atoms with Crippen molar-refractivity contribution in [3.63, 3.8) is 0 Å². The number of rotatable bonds is 5. The van der Waals surface area contributed by atoms with Crippen LogP contribution in [0.4, 0.5) is 5.13 Å². The second-order valence-corrected chi connectivity index (χ2v) is 6.78. The number of aryl methyl sites for hydroxylation is 1. The SMILES string of the molecule is CCc1nc(N2CCn3ccnc3C2)sc1CNC(C)C. The molecule has 3 heterocycles. The Balaban J connectivity index is 1.77. The predicted octanol–water partition coefficient (Wildman–Crippen LogP) is 2.42. The van der Waals surface area contributed by atoms with Crippen LogP contribution in [0, 0.1) is 0 Å². The third kappa shape index (κ3) is 3.11. The molecule has 0 atom stereocenters. The summed E-state index contributed by atoms with van der Waals surface area (Å²) in [6, 6.07) is 0.503. The first kappa shape index (κ1) is 14.5. The number of anilines is 1. The van der Waals surface area contributed by atoms with E-state index in [1.54, 1.807) is 0 Å². The molecule has 0 bridgehead atoms. The highest BCUT2D eigenvalue weighted by Gasteiger charge is 2.21. The molecular formula is C15H23N5S. The molecule has 0 fully saturated rings. The van der Waals surface area contributed by atoms with Crippen LogP contribution in [-0.2, 0) is 26.1 Å². The summed E-state index contributed by atoms with van der Waals surface area (Å²) in [4.78, 5) is 13.0. The molecule has 0 spiro atoms. The van der Waals surface area contributed by atoms with Crippen LogP contribution in [-0.4, -0.2) is 27.1 Å². The topological polar surface area (TPSA) is 46.0 Å². The molecule has 0 saturated heterocycles. The molecule has 21 heavy (non-hydrogen) atoms. The van der Waals surface area contributed by atoms with E-state index < -0.39 is 0 Å². The summed E-state index contributed by atoms with van der Waals surface area (Å²) in [5, 5.41) is 4.64. The summed E-state index contributed by atoms with van der Waals surface area (Å²) in [6.07, 6.45) is 4.94. The minimum absolute atomic E-state index is 0.503. The zero-order chi connectivity index (χ0) is 14.8. The molecule has 0 aliphatic carbocycles. The van der Waals surface area contributed by atoms with Crippen molar-refractivity contribution < 1.29 is 0 Å². The second-order valence-electron chi connectivity index (χ2n) is 5.71. The largest absolute Gasteiger partial charge is 0.339 e. The van der Waals surface area contributed by atoms with E-state index in [1.165, 1.54) is 10.6 Å². The highest BCUT2D eigenvalue weighted by atomic mass is 32.1. The maximum Gasteiger partial charge on any atom is 0.186 e. The third-order valence-corrected chi connectivity index (χ3v) is 4.95. The molecule has 0 unspecified atom stereocenters. The fourth-order valence-corrected chi connectivity index (χ4v) is 3.68. The van der Waals surface area contributed by atoms with Crippen LogP contribution in [0.25, 0.3) is 0 Å². The zero-order valence-electron chi connectivity index (χ0n) is 13.0. The van der Waals surface area contributed by atoms with Crippen molar-refractivity contribution in [3.8, 4) is 0 Å². The van der Waals surface area contributed by atoms with E-state index in [4.69, 9.17) is 4.98 Å². The maximum atomic E-state index is 4.86. The molecule has 0 radical (unpaired) electrons. The minimum Gasteiger partial charge on any atom is -0.339 e. The van der Waals surface area contributed by atoms with E-state index in [0.717, 1.165) is 43.6 Å². The van der Waals surface area contributed by atoms with Gasteiger partial charge in [-0.25, -0.2) is 9.97 Å². The van der Waals surface area contributed by atoms with E-state index in [1.807, 2.05) is 17.5 Å².